The molecule has 130 valence electrons. The molecule has 7 heteroatoms. The van der Waals surface area contributed by atoms with Gasteiger partial charge in [0.1, 0.15) is 5.75 Å². The van der Waals surface area contributed by atoms with Gasteiger partial charge in [0.2, 0.25) is 0 Å². The fourth-order valence-corrected chi connectivity index (χ4v) is 2.01. The number of rotatable bonds is 7. The summed E-state index contributed by atoms with van der Waals surface area (Å²) in [4.78, 5) is 23.1. The molecular weight excluding hydrogens is 322 g/mol. The topological polar surface area (TPSA) is 89.0 Å². The largest absolute Gasteiger partial charge is 0.495 e. The molecule has 2 aromatic carbocycles. The van der Waals surface area contributed by atoms with Crippen LogP contribution in [0.5, 0.6) is 5.75 Å². The lowest BCUT2D eigenvalue weighted by Crippen LogP contribution is -2.26. The van der Waals surface area contributed by atoms with Crippen molar-refractivity contribution in [3.05, 3.63) is 59.7 Å². The van der Waals surface area contributed by atoms with Gasteiger partial charge in [-0.15, -0.1) is 0 Å². The molecule has 0 unspecified atom stereocenters. The van der Waals surface area contributed by atoms with Crippen molar-refractivity contribution in [3.63, 3.8) is 0 Å². The summed E-state index contributed by atoms with van der Waals surface area (Å²) in [5, 5.41) is 6.86. The lowest BCUT2D eigenvalue weighted by molar-refractivity contribution is -0.119. The number of nitrogens with zero attached hydrogens (tertiary/aromatic N) is 1. The van der Waals surface area contributed by atoms with Gasteiger partial charge in [0.25, 0.3) is 5.91 Å². The number of benzene rings is 2. The van der Waals surface area contributed by atoms with Crippen LogP contribution < -0.4 is 15.5 Å². The van der Waals surface area contributed by atoms with Crippen LogP contribution in [0.25, 0.3) is 0 Å². The van der Waals surface area contributed by atoms with Crippen LogP contribution in [0.3, 0.4) is 0 Å². The van der Waals surface area contributed by atoms with E-state index in [-0.39, 0.29) is 12.5 Å². The maximum Gasteiger partial charge on any atom is 0.337 e. The van der Waals surface area contributed by atoms with Gasteiger partial charge in [0.15, 0.2) is 0 Å². The van der Waals surface area contributed by atoms with Crippen molar-refractivity contribution in [2.75, 3.05) is 26.1 Å². The summed E-state index contributed by atoms with van der Waals surface area (Å²) >= 11 is 0. The lowest BCUT2D eigenvalue weighted by atomic mass is 10.1. The number of anilines is 1. The van der Waals surface area contributed by atoms with Gasteiger partial charge >= 0.3 is 5.97 Å². The average molecular weight is 341 g/mol. The predicted octanol–water partition coefficient (Wildman–Crippen LogP) is 2.04. The summed E-state index contributed by atoms with van der Waals surface area (Å²) in [6.45, 7) is 0.0546. The fourth-order valence-electron chi connectivity index (χ4n) is 2.01. The molecule has 2 N–H and O–H groups in total. The monoisotopic (exact) mass is 341 g/mol. The van der Waals surface area contributed by atoms with Gasteiger partial charge in [0, 0.05) is 0 Å². The Hall–Kier alpha value is -3.35. The first kappa shape index (κ1) is 18.0. The van der Waals surface area contributed by atoms with E-state index in [9.17, 15) is 9.59 Å². The smallest absolute Gasteiger partial charge is 0.337 e. The second kappa shape index (κ2) is 9.07. The van der Waals surface area contributed by atoms with Crippen molar-refractivity contribution in [2.45, 2.75) is 0 Å². The van der Waals surface area contributed by atoms with Gasteiger partial charge in [-0.25, -0.2) is 10.2 Å². The Kier molecular flexibility index (Phi) is 6.53. The Morgan fingerprint density at radius 3 is 2.48 bits per heavy atom. The highest BCUT2D eigenvalue weighted by atomic mass is 16.5. The van der Waals surface area contributed by atoms with E-state index in [1.165, 1.54) is 13.3 Å². The van der Waals surface area contributed by atoms with Crippen LogP contribution in [-0.4, -0.2) is 38.9 Å². The predicted molar refractivity (Wildman–Crippen MR) is 95.0 cm³/mol. The molecule has 0 aromatic heterocycles. The minimum Gasteiger partial charge on any atom is -0.495 e. The standard InChI is InChI=1S/C18H19N3O4/c1-24-16-6-4-3-5-15(16)19-12-17(22)21-20-11-13-7-9-14(10-8-13)18(23)25-2/h3-11,19H,12H2,1-2H3,(H,21,22)/b20-11+. The van der Waals surface area contributed by atoms with Crippen molar-refractivity contribution in [2.24, 2.45) is 5.10 Å². The zero-order chi connectivity index (χ0) is 18.1. The maximum absolute atomic E-state index is 11.8. The molecule has 0 aliphatic heterocycles. The number of hydrogen-bond acceptors (Lipinski definition) is 6. The second-order valence-corrected chi connectivity index (χ2v) is 4.96. The summed E-state index contributed by atoms with van der Waals surface area (Å²) in [6, 6.07) is 14.0. The number of methoxy groups -OCH3 is 2. The van der Waals surface area contributed by atoms with E-state index in [0.29, 0.717) is 11.3 Å². The molecule has 0 saturated carbocycles. The van der Waals surface area contributed by atoms with E-state index in [1.54, 1.807) is 37.4 Å². The van der Waals surface area contributed by atoms with Crippen LogP contribution in [-0.2, 0) is 9.53 Å². The maximum atomic E-state index is 11.8. The van der Waals surface area contributed by atoms with Crippen molar-refractivity contribution < 1.29 is 19.1 Å². The third kappa shape index (κ3) is 5.35. The first-order valence-corrected chi connectivity index (χ1v) is 7.51. The fraction of sp³-hybridized carbons (Fsp3) is 0.167. The van der Waals surface area contributed by atoms with Gasteiger partial charge < -0.3 is 14.8 Å². The van der Waals surface area contributed by atoms with Crippen LogP contribution in [0.2, 0.25) is 0 Å². The Morgan fingerprint density at radius 2 is 1.80 bits per heavy atom. The third-order valence-corrected chi connectivity index (χ3v) is 3.28. The molecule has 2 rings (SSSR count). The van der Waals surface area contributed by atoms with Crippen LogP contribution in [0.15, 0.2) is 53.6 Å². The zero-order valence-corrected chi connectivity index (χ0v) is 14.0. The second-order valence-electron chi connectivity index (χ2n) is 4.96. The highest BCUT2D eigenvalue weighted by Crippen LogP contribution is 2.22. The number of hydrogen-bond donors (Lipinski definition) is 2. The summed E-state index contributed by atoms with van der Waals surface area (Å²) < 4.78 is 9.82. The first-order valence-electron chi connectivity index (χ1n) is 7.51. The molecular formula is C18H19N3O4. The summed E-state index contributed by atoms with van der Waals surface area (Å²) in [6.07, 6.45) is 1.49. The first-order chi connectivity index (χ1) is 12.1. The van der Waals surface area contributed by atoms with E-state index in [1.807, 2.05) is 18.2 Å². The van der Waals surface area contributed by atoms with Crippen LogP contribution in [0.1, 0.15) is 15.9 Å². The molecule has 25 heavy (non-hydrogen) atoms. The van der Waals surface area contributed by atoms with E-state index < -0.39 is 5.97 Å². The lowest BCUT2D eigenvalue weighted by Gasteiger charge is -2.09. The molecule has 0 radical (unpaired) electrons. The van der Waals surface area contributed by atoms with Gasteiger partial charge in [-0.05, 0) is 29.8 Å². The Labute approximate surface area is 145 Å². The third-order valence-electron chi connectivity index (χ3n) is 3.28. The highest BCUT2D eigenvalue weighted by molar-refractivity contribution is 5.91. The number of nitrogens with one attached hydrogen (secondary N) is 2. The molecule has 7 nitrogen and oxygen atoms in total. The molecule has 0 fully saturated rings. The Morgan fingerprint density at radius 1 is 1.08 bits per heavy atom. The van der Waals surface area contributed by atoms with Gasteiger partial charge in [0.05, 0.1) is 38.2 Å². The number of hydrazone groups is 1. The number of ether oxygens (including phenoxy) is 2. The van der Waals surface area contributed by atoms with Crippen LogP contribution in [0.4, 0.5) is 5.69 Å². The molecule has 1 amide bonds. The molecule has 0 atom stereocenters. The van der Waals surface area contributed by atoms with Gasteiger partial charge in [-0.2, -0.15) is 5.10 Å². The van der Waals surface area contributed by atoms with E-state index in [2.05, 4.69) is 20.6 Å². The molecule has 0 bridgehead atoms. The minimum absolute atomic E-state index is 0.0546. The Balaban J connectivity index is 1.83. The number of amides is 1. The molecule has 0 aliphatic carbocycles. The van der Waals surface area contributed by atoms with Crippen molar-refractivity contribution in [1.29, 1.82) is 0 Å². The van der Waals surface area contributed by atoms with Crippen LogP contribution >= 0.6 is 0 Å². The minimum atomic E-state index is -0.404. The van der Waals surface area contributed by atoms with Crippen molar-refractivity contribution in [1.82, 2.24) is 5.43 Å². The highest BCUT2D eigenvalue weighted by Gasteiger charge is 2.05. The molecule has 2 aromatic rings. The SMILES string of the molecule is COC(=O)c1ccc(/C=N/NC(=O)CNc2ccccc2OC)cc1. The molecule has 0 saturated heterocycles. The van der Waals surface area contributed by atoms with Crippen molar-refractivity contribution >= 4 is 23.8 Å². The molecule has 0 spiro atoms. The average Bonchev–Trinajstić information content (AvgIpc) is 2.66. The number of carbonyl (C=O) groups excluding carboxylic acids is 2. The van der Waals surface area contributed by atoms with E-state index in [4.69, 9.17) is 4.74 Å². The van der Waals surface area contributed by atoms with E-state index >= 15 is 0 Å². The number of carbonyl (C=O) groups is 2. The van der Waals surface area contributed by atoms with Crippen LogP contribution in [0, 0.1) is 0 Å². The summed E-state index contributed by atoms with van der Waals surface area (Å²) in [5.74, 6) is -0.0444. The quantitative estimate of drug-likeness (QED) is 0.457. The molecule has 0 heterocycles. The summed E-state index contributed by atoms with van der Waals surface area (Å²) in [7, 11) is 2.89. The normalized spacial score (nSPS) is 10.3. The molecule has 0 aliphatic rings. The van der Waals surface area contributed by atoms with Crippen molar-refractivity contribution in [3.8, 4) is 5.75 Å². The number of para-hydroxylation sites is 2. The van der Waals surface area contributed by atoms with Gasteiger partial charge in [-0.3, -0.25) is 4.79 Å². The summed E-state index contributed by atoms with van der Waals surface area (Å²) in [5.41, 5.74) is 4.34. The van der Waals surface area contributed by atoms with Gasteiger partial charge in [-0.1, -0.05) is 24.3 Å². The number of esters is 1. The Bertz CT molecular complexity index is 757. The zero-order valence-electron chi connectivity index (χ0n) is 14.0. The van der Waals surface area contributed by atoms with E-state index in [0.717, 1.165) is 11.3 Å².